The number of carbonyl (C=O) groups excluding carboxylic acids is 2. The zero-order valence-corrected chi connectivity index (χ0v) is 15.6. The summed E-state index contributed by atoms with van der Waals surface area (Å²) in [5.41, 5.74) is 1.71. The lowest BCUT2D eigenvalue weighted by molar-refractivity contribution is -0.130. The first-order valence-electron chi connectivity index (χ1n) is 8.95. The normalized spacial score (nSPS) is 23.2. The summed E-state index contributed by atoms with van der Waals surface area (Å²) in [5.74, 6) is -0.136. The Kier molecular flexibility index (Phi) is 4.73. The van der Waals surface area contributed by atoms with Crippen molar-refractivity contribution in [2.24, 2.45) is 0 Å². The highest BCUT2D eigenvalue weighted by atomic mass is 16.2. The Bertz CT molecular complexity index is 671. The third kappa shape index (κ3) is 3.49. The molecule has 2 saturated heterocycles. The first-order chi connectivity index (χ1) is 11.8. The SMILES string of the molecule is CN(C)c1cccc([C@H]2CCCN2CCN2C(=O)NC(C)(C)C2=O)c1. The molecule has 0 bridgehead atoms. The first kappa shape index (κ1) is 17.7. The highest BCUT2D eigenvalue weighted by molar-refractivity contribution is 6.06. The molecule has 1 atom stereocenters. The van der Waals surface area contributed by atoms with Gasteiger partial charge in [0, 0.05) is 38.9 Å². The van der Waals surface area contributed by atoms with Crippen LogP contribution in [0.2, 0.25) is 0 Å². The van der Waals surface area contributed by atoms with E-state index in [1.54, 1.807) is 13.8 Å². The first-order valence-corrected chi connectivity index (χ1v) is 8.95. The fraction of sp³-hybridized carbons (Fsp3) is 0.579. The third-order valence-electron chi connectivity index (χ3n) is 5.19. The van der Waals surface area contributed by atoms with Gasteiger partial charge in [0.05, 0.1) is 0 Å². The predicted octanol–water partition coefficient (Wildman–Crippen LogP) is 2.22. The van der Waals surface area contributed by atoms with Crippen LogP contribution in [0, 0.1) is 0 Å². The number of hydrogen-bond donors (Lipinski definition) is 1. The largest absolute Gasteiger partial charge is 0.378 e. The average Bonchev–Trinajstić information content (AvgIpc) is 3.09. The van der Waals surface area contributed by atoms with Crippen LogP contribution in [0.3, 0.4) is 0 Å². The van der Waals surface area contributed by atoms with E-state index in [2.05, 4.69) is 39.4 Å². The molecule has 2 aliphatic heterocycles. The predicted molar refractivity (Wildman–Crippen MR) is 98.6 cm³/mol. The van der Waals surface area contributed by atoms with Crippen LogP contribution in [-0.2, 0) is 4.79 Å². The molecule has 25 heavy (non-hydrogen) atoms. The third-order valence-corrected chi connectivity index (χ3v) is 5.19. The summed E-state index contributed by atoms with van der Waals surface area (Å²) in [4.78, 5) is 30.2. The second-order valence-corrected chi connectivity index (χ2v) is 7.70. The standard InChI is InChI=1S/C19H28N4O2/c1-19(2)17(24)23(18(25)20-19)12-11-22-10-6-9-16(22)14-7-5-8-15(13-14)21(3)4/h5,7-8,13,16H,6,9-12H2,1-4H3,(H,20,25)/t16-/m1/s1. The van der Waals surface area contributed by atoms with E-state index >= 15 is 0 Å². The topological polar surface area (TPSA) is 55.9 Å². The molecular weight excluding hydrogens is 316 g/mol. The molecule has 1 aromatic carbocycles. The van der Waals surface area contributed by atoms with Crippen LogP contribution in [0.5, 0.6) is 0 Å². The monoisotopic (exact) mass is 344 g/mol. The molecule has 0 aromatic heterocycles. The molecule has 2 fully saturated rings. The van der Waals surface area contributed by atoms with Crippen molar-refractivity contribution in [1.29, 1.82) is 0 Å². The molecule has 0 unspecified atom stereocenters. The molecule has 2 heterocycles. The molecular formula is C19H28N4O2. The van der Waals surface area contributed by atoms with Gasteiger partial charge in [-0.05, 0) is 50.9 Å². The number of anilines is 1. The second-order valence-electron chi connectivity index (χ2n) is 7.70. The minimum Gasteiger partial charge on any atom is -0.378 e. The van der Waals surface area contributed by atoms with Gasteiger partial charge in [0.2, 0.25) is 0 Å². The maximum absolute atomic E-state index is 12.3. The summed E-state index contributed by atoms with van der Waals surface area (Å²) in [7, 11) is 4.09. The van der Waals surface area contributed by atoms with Crippen LogP contribution in [0.25, 0.3) is 0 Å². The number of nitrogens with zero attached hydrogens (tertiary/aromatic N) is 3. The van der Waals surface area contributed by atoms with Crippen molar-refractivity contribution >= 4 is 17.6 Å². The van der Waals surface area contributed by atoms with Gasteiger partial charge < -0.3 is 10.2 Å². The van der Waals surface area contributed by atoms with E-state index in [-0.39, 0.29) is 11.9 Å². The molecule has 0 radical (unpaired) electrons. The zero-order valence-electron chi connectivity index (χ0n) is 15.6. The second kappa shape index (κ2) is 6.67. The lowest BCUT2D eigenvalue weighted by Crippen LogP contribution is -2.41. The maximum atomic E-state index is 12.3. The van der Waals surface area contributed by atoms with Crippen molar-refractivity contribution < 1.29 is 9.59 Å². The van der Waals surface area contributed by atoms with E-state index < -0.39 is 5.54 Å². The van der Waals surface area contributed by atoms with Crippen molar-refractivity contribution in [2.75, 3.05) is 38.6 Å². The Morgan fingerprint density at radius 1 is 1.24 bits per heavy atom. The number of amides is 3. The Labute approximate surface area is 149 Å². The maximum Gasteiger partial charge on any atom is 0.325 e. The van der Waals surface area contributed by atoms with Gasteiger partial charge in [0.15, 0.2) is 0 Å². The Morgan fingerprint density at radius 3 is 2.64 bits per heavy atom. The van der Waals surface area contributed by atoms with Gasteiger partial charge in [-0.2, -0.15) is 0 Å². The van der Waals surface area contributed by atoms with E-state index in [1.165, 1.54) is 16.2 Å². The zero-order chi connectivity index (χ0) is 18.2. The van der Waals surface area contributed by atoms with Crippen LogP contribution in [0.15, 0.2) is 24.3 Å². The Morgan fingerprint density at radius 2 is 2.00 bits per heavy atom. The summed E-state index contributed by atoms with van der Waals surface area (Å²) in [5, 5.41) is 2.74. The molecule has 1 N–H and O–H groups in total. The lowest BCUT2D eigenvalue weighted by Gasteiger charge is -2.27. The summed E-state index contributed by atoms with van der Waals surface area (Å²) in [6.45, 7) is 5.66. The van der Waals surface area contributed by atoms with Crippen LogP contribution >= 0.6 is 0 Å². The summed E-state index contributed by atoms with van der Waals surface area (Å²) in [6.07, 6.45) is 2.25. The van der Waals surface area contributed by atoms with Crippen LogP contribution in [0.1, 0.15) is 38.3 Å². The van der Waals surface area contributed by atoms with Gasteiger partial charge in [-0.25, -0.2) is 4.79 Å². The number of imide groups is 1. The van der Waals surface area contributed by atoms with Gasteiger partial charge in [-0.3, -0.25) is 14.6 Å². The number of rotatable bonds is 5. The fourth-order valence-corrected chi connectivity index (χ4v) is 3.73. The van der Waals surface area contributed by atoms with Crippen LogP contribution in [0.4, 0.5) is 10.5 Å². The van der Waals surface area contributed by atoms with E-state index in [0.717, 1.165) is 19.4 Å². The van der Waals surface area contributed by atoms with E-state index in [4.69, 9.17) is 0 Å². The molecule has 6 heteroatoms. The molecule has 6 nitrogen and oxygen atoms in total. The summed E-state index contributed by atoms with van der Waals surface area (Å²) in [6, 6.07) is 8.69. The van der Waals surface area contributed by atoms with E-state index in [9.17, 15) is 9.59 Å². The Balaban J connectivity index is 1.68. The quantitative estimate of drug-likeness (QED) is 0.832. The van der Waals surface area contributed by atoms with Crippen molar-refractivity contribution in [3.63, 3.8) is 0 Å². The van der Waals surface area contributed by atoms with Gasteiger partial charge >= 0.3 is 6.03 Å². The van der Waals surface area contributed by atoms with Crippen LogP contribution < -0.4 is 10.2 Å². The molecule has 3 rings (SSSR count). The molecule has 0 saturated carbocycles. The van der Waals surface area contributed by atoms with E-state index in [1.807, 2.05) is 14.1 Å². The molecule has 1 aromatic rings. The molecule has 0 aliphatic carbocycles. The Hall–Kier alpha value is -2.08. The van der Waals surface area contributed by atoms with Gasteiger partial charge in [-0.15, -0.1) is 0 Å². The van der Waals surface area contributed by atoms with Gasteiger partial charge in [0.1, 0.15) is 5.54 Å². The summed E-state index contributed by atoms with van der Waals surface area (Å²) < 4.78 is 0. The molecule has 136 valence electrons. The molecule has 2 aliphatic rings. The number of nitrogens with one attached hydrogen (secondary N) is 1. The highest BCUT2D eigenvalue weighted by Gasteiger charge is 2.44. The van der Waals surface area contributed by atoms with Crippen LogP contribution in [-0.4, -0.2) is 61.0 Å². The molecule has 0 spiro atoms. The summed E-state index contributed by atoms with van der Waals surface area (Å²) >= 11 is 0. The highest BCUT2D eigenvalue weighted by Crippen LogP contribution is 2.33. The number of carbonyl (C=O) groups is 2. The number of likely N-dealkylation sites (tertiary alicyclic amines) is 1. The molecule has 3 amide bonds. The van der Waals surface area contributed by atoms with Crippen molar-refractivity contribution in [2.45, 2.75) is 38.3 Å². The average molecular weight is 344 g/mol. The van der Waals surface area contributed by atoms with Gasteiger partial charge in [0.25, 0.3) is 5.91 Å². The van der Waals surface area contributed by atoms with Crippen molar-refractivity contribution in [1.82, 2.24) is 15.1 Å². The van der Waals surface area contributed by atoms with Gasteiger partial charge in [-0.1, -0.05) is 12.1 Å². The lowest BCUT2D eigenvalue weighted by atomic mass is 10.0. The van der Waals surface area contributed by atoms with E-state index in [0.29, 0.717) is 19.1 Å². The fourth-order valence-electron chi connectivity index (χ4n) is 3.73. The minimum absolute atomic E-state index is 0.136. The van der Waals surface area contributed by atoms with Crippen molar-refractivity contribution in [3.05, 3.63) is 29.8 Å². The number of urea groups is 1. The smallest absolute Gasteiger partial charge is 0.325 e. The van der Waals surface area contributed by atoms with Crippen molar-refractivity contribution in [3.8, 4) is 0 Å². The number of hydrogen-bond acceptors (Lipinski definition) is 4. The minimum atomic E-state index is -0.790. The number of benzene rings is 1.